The van der Waals surface area contributed by atoms with E-state index >= 15 is 0 Å². The van der Waals surface area contributed by atoms with Crippen molar-refractivity contribution in [2.24, 2.45) is 0 Å². The highest BCUT2D eigenvalue weighted by Crippen LogP contribution is 2.23. The number of benzene rings is 1. The van der Waals surface area contributed by atoms with Crippen LogP contribution >= 0.6 is 11.3 Å². The predicted octanol–water partition coefficient (Wildman–Crippen LogP) is 3.68. The molecule has 0 unspecified atom stereocenters. The van der Waals surface area contributed by atoms with E-state index in [0.29, 0.717) is 17.1 Å². The summed E-state index contributed by atoms with van der Waals surface area (Å²) in [4.78, 5) is 24.7. The summed E-state index contributed by atoms with van der Waals surface area (Å²) >= 11 is 1.43. The molecule has 7 nitrogen and oxygen atoms in total. The molecule has 140 valence electrons. The number of thiazole rings is 1. The molecule has 28 heavy (non-hydrogen) atoms. The van der Waals surface area contributed by atoms with E-state index in [2.05, 4.69) is 20.1 Å². The zero-order chi connectivity index (χ0) is 19.3. The largest absolute Gasteiger partial charge is 0.455 e. The smallest absolute Gasteiger partial charge is 0.312 e. The van der Waals surface area contributed by atoms with E-state index < -0.39 is 5.97 Å². The summed E-state index contributed by atoms with van der Waals surface area (Å²) in [5, 5.41) is 6.40. The van der Waals surface area contributed by atoms with E-state index in [1.165, 1.54) is 35.6 Å². The first-order chi connectivity index (χ1) is 13.7. The summed E-state index contributed by atoms with van der Waals surface area (Å²) in [5.41, 5.74) is 2.12. The van der Waals surface area contributed by atoms with Crippen molar-refractivity contribution >= 4 is 17.3 Å². The van der Waals surface area contributed by atoms with Gasteiger partial charge in [-0.2, -0.15) is 4.98 Å². The van der Waals surface area contributed by atoms with E-state index in [1.807, 2.05) is 17.5 Å². The van der Waals surface area contributed by atoms with E-state index in [-0.39, 0.29) is 24.7 Å². The Morgan fingerprint density at radius 1 is 1.14 bits per heavy atom. The number of rotatable bonds is 6. The molecule has 0 saturated carbocycles. The lowest BCUT2D eigenvalue weighted by Crippen LogP contribution is -2.08. The fraction of sp³-hybridized carbons (Fsp3) is 0.105. The molecule has 1 aromatic carbocycles. The third kappa shape index (κ3) is 4.26. The molecule has 4 aromatic rings. The van der Waals surface area contributed by atoms with Gasteiger partial charge in [-0.3, -0.25) is 9.78 Å². The number of hydrogen-bond donors (Lipinski definition) is 0. The maximum atomic E-state index is 13.0. The molecule has 4 rings (SSSR count). The van der Waals surface area contributed by atoms with E-state index in [0.717, 1.165) is 10.6 Å². The molecule has 0 fully saturated rings. The van der Waals surface area contributed by atoms with Crippen molar-refractivity contribution in [3.63, 3.8) is 0 Å². The lowest BCUT2D eigenvalue weighted by atomic mass is 10.2. The highest BCUT2D eigenvalue weighted by Gasteiger charge is 2.13. The van der Waals surface area contributed by atoms with Crippen LogP contribution in [0.3, 0.4) is 0 Å². The number of halogens is 1. The highest BCUT2D eigenvalue weighted by atomic mass is 32.1. The lowest BCUT2D eigenvalue weighted by molar-refractivity contribution is -0.144. The second-order valence-corrected chi connectivity index (χ2v) is 6.60. The van der Waals surface area contributed by atoms with Crippen molar-refractivity contribution in [1.29, 1.82) is 0 Å². The van der Waals surface area contributed by atoms with Crippen LogP contribution in [-0.2, 0) is 22.6 Å². The second kappa shape index (κ2) is 8.05. The van der Waals surface area contributed by atoms with Crippen LogP contribution in [0.25, 0.3) is 22.0 Å². The molecule has 9 heteroatoms. The van der Waals surface area contributed by atoms with Gasteiger partial charge in [-0.1, -0.05) is 5.16 Å². The van der Waals surface area contributed by atoms with Crippen LogP contribution in [0.1, 0.15) is 11.6 Å². The number of hydrogen-bond acceptors (Lipinski definition) is 8. The van der Waals surface area contributed by atoms with Crippen LogP contribution in [-0.4, -0.2) is 26.1 Å². The summed E-state index contributed by atoms with van der Waals surface area (Å²) in [6.45, 7) is -0.146. The summed E-state index contributed by atoms with van der Waals surface area (Å²) in [6, 6.07) is 9.42. The van der Waals surface area contributed by atoms with E-state index in [4.69, 9.17) is 9.26 Å². The van der Waals surface area contributed by atoms with Gasteiger partial charge in [0.2, 0.25) is 5.82 Å². The number of carbonyl (C=O) groups excluding carboxylic acids is 1. The molecule has 0 amide bonds. The molecule has 3 aromatic heterocycles. The predicted molar refractivity (Wildman–Crippen MR) is 98.5 cm³/mol. The number of ether oxygens (including phenoxy) is 1. The Labute approximate surface area is 162 Å². The molecule has 0 saturated heterocycles. The Kier molecular flexibility index (Phi) is 5.16. The molecule has 0 atom stereocenters. The van der Waals surface area contributed by atoms with E-state index in [9.17, 15) is 9.18 Å². The average Bonchev–Trinajstić information content (AvgIpc) is 3.37. The monoisotopic (exact) mass is 396 g/mol. The molecule has 0 radical (unpaired) electrons. The van der Waals surface area contributed by atoms with Crippen molar-refractivity contribution in [3.8, 4) is 22.0 Å². The Hall–Kier alpha value is -3.46. The van der Waals surface area contributed by atoms with Gasteiger partial charge in [0.1, 0.15) is 10.8 Å². The van der Waals surface area contributed by atoms with Crippen molar-refractivity contribution in [1.82, 2.24) is 20.1 Å². The molecular formula is C19H13FN4O3S. The Balaban J connectivity index is 1.33. The van der Waals surface area contributed by atoms with Gasteiger partial charge < -0.3 is 9.26 Å². The first kappa shape index (κ1) is 17.9. The average molecular weight is 396 g/mol. The van der Waals surface area contributed by atoms with Gasteiger partial charge in [-0.25, -0.2) is 9.37 Å². The number of esters is 1. The first-order valence-electron chi connectivity index (χ1n) is 8.26. The van der Waals surface area contributed by atoms with Crippen LogP contribution in [0, 0.1) is 5.82 Å². The third-order valence-electron chi connectivity index (χ3n) is 3.71. The molecular weight excluding hydrogens is 383 g/mol. The number of pyridine rings is 1. The van der Waals surface area contributed by atoms with Gasteiger partial charge in [0.15, 0.2) is 6.61 Å². The summed E-state index contributed by atoms with van der Waals surface area (Å²) in [5.74, 6) is -0.353. The molecule has 0 aliphatic carbocycles. The maximum Gasteiger partial charge on any atom is 0.312 e. The zero-order valence-corrected chi connectivity index (χ0v) is 15.2. The van der Waals surface area contributed by atoms with Crippen molar-refractivity contribution in [3.05, 3.63) is 71.6 Å². The van der Waals surface area contributed by atoms with Crippen molar-refractivity contribution < 1.29 is 18.4 Å². The SMILES string of the molecule is O=C(Cc1csc(-c2cccnc2)n1)OCc1nc(-c2ccc(F)cc2)no1. The van der Waals surface area contributed by atoms with Gasteiger partial charge in [-0.05, 0) is 36.4 Å². The molecule has 0 N–H and O–H groups in total. The number of nitrogens with zero attached hydrogens (tertiary/aromatic N) is 4. The lowest BCUT2D eigenvalue weighted by Gasteiger charge is -1.99. The Morgan fingerprint density at radius 2 is 2.00 bits per heavy atom. The topological polar surface area (TPSA) is 91.0 Å². The standard InChI is InChI=1S/C19H13FN4O3S/c20-14-5-3-12(4-6-14)18-23-16(27-24-18)10-26-17(25)8-15-11-28-19(22-15)13-2-1-7-21-9-13/h1-7,9,11H,8,10H2. The van der Waals surface area contributed by atoms with Gasteiger partial charge in [0.05, 0.1) is 12.1 Å². The van der Waals surface area contributed by atoms with Crippen LogP contribution < -0.4 is 0 Å². The van der Waals surface area contributed by atoms with Crippen LogP contribution in [0.15, 0.2) is 58.7 Å². The Bertz CT molecular complexity index is 1080. The van der Waals surface area contributed by atoms with E-state index in [1.54, 1.807) is 12.4 Å². The van der Waals surface area contributed by atoms with Crippen LogP contribution in [0.4, 0.5) is 4.39 Å². The fourth-order valence-electron chi connectivity index (χ4n) is 2.38. The molecule has 3 heterocycles. The summed E-state index contributed by atoms with van der Waals surface area (Å²) in [6.07, 6.45) is 3.44. The van der Waals surface area contributed by atoms with Gasteiger partial charge in [-0.15, -0.1) is 11.3 Å². The number of aromatic nitrogens is 4. The molecule has 0 aliphatic rings. The molecule has 0 spiro atoms. The zero-order valence-electron chi connectivity index (χ0n) is 14.4. The fourth-order valence-corrected chi connectivity index (χ4v) is 3.19. The van der Waals surface area contributed by atoms with Crippen molar-refractivity contribution in [2.75, 3.05) is 0 Å². The summed E-state index contributed by atoms with van der Waals surface area (Å²) in [7, 11) is 0. The second-order valence-electron chi connectivity index (χ2n) is 5.74. The minimum absolute atomic E-state index is 0.0374. The van der Waals surface area contributed by atoms with Crippen LogP contribution in [0.5, 0.6) is 0 Å². The third-order valence-corrected chi connectivity index (χ3v) is 4.65. The molecule has 0 aliphatic heterocycles. The van der Waals surface area contributed by atoms with Crippen LogP contribution in [0.2, 0.25) is 0 Å². The van der Waals surface area contributed by atoms with Gasteiger partial charge >= 0.3 is 5.97 Å². The van der Waals surface area contributed by atoms with Gasteiger partial charge in [0, 0.05) is 28.9 Å². The maximum absolute atomic E-state index is 13.0. The molecule has 0 bridgehead atoms. The Morgan fingerprint density at radius 3 is 2.79 bits per heavy atom. The highest BCUT2D eigenvalue weighted by molar-refractivity contribution is 7.13. The minimum Gasteiger partial charge on any atom is -0.455 e. The number of carbonyl (C=O) groups is 1. The first-order valence-corrected chi connectivity index (χ1v) is 9.14. The normalized spacial score (nSPS) is 10.8. The summed E-state index contributed by atoms with van der Waals surface area (Å²) < 4.78 is 23.2. The van der Waals surface area contributed by atoms with Gasteiger partial charge in [0.25, 0.3) is 5.89 Å². The van der Waals surface area contributed by atoms with Crippen molar-refractivity contribution in [2.45, 2.75) is 13.0 Å². The quantitative estimate of drug-likeness (QED) is 0.459. The minimum atomic E-state index is -0.454.